The first-order valence-corrected chi connectivity index (χ1v) is 4.60. The number of hydrogen-bond acceptors (Lipinski definition) is 3. The molecule has 0 unspecified atom stereocenters. The summed E-state index contributed by atoms with van der Waals surface area (Å²) in [5.41, 5.74) is 0. The smallest absolute Gasteiger partial charge is 0.309 e. The molecule has 2 fully saturated rings. The van der Waals surface area contributed by atoms with Crippen LogP contribution in [0.4, 0.5) is 0 Å². The number of aliphatic hydroxyl groups excluding tert-OH is 1. The minimum absolute atomic E-state index is 0.0341. The minimum atomic E-state index is -0.411. The number of esters is 1. The SMILES string of the molecule is O=C1OC[C@H]2[C@H](O)[C@@H](Br)C[C@@H]12. The van der Waals surface area contributed by atoms with Crippen LogP contribution in [0.15, 0.2) is 0 Å². The summed E-state index contributed by atoms with van der Waals surface area (Å²) in [6.45, 7) is 0.396. The Hall–Kier alpha value is -0.0900. The number of fused-ring (bicyclic) bond motifs is 1. The van der Waals surface area contributed by atoms with Crippen molar-refractivity contribution in [2.24, 2.45) is 11.8 Å². The first kappa shape index (κ1) is 7.55. The summed E-state index contributed by atoms with van der Waals surface area (Å²) < 4.78 is 4.82. The Morgan fingerprint density at radius 1 is 1.64 bits per heavy atom. The van der Waals surface area contributed by atoms with Crippen molar-refractivity contribution in [1.29, 1.82) is 0 Å². The van der Waals surface area contributed by atoms with Crippen molar-refractivity contribution in [3.63, 3.8) is 0 Å². The topological polar surface area (TPSA) is 46.5 Å². The molecule has 62 valence electrons. The van der Waals surface area contributed by atoms with Crippen LogP contribution in [0.25, 0.3) is 0 Å². The fourth-order valence-corrected chi connectivity index (χ4v) is 2.63. The molecule has 11 heavy (non-hydrogen) atoms. The van der Waals surface area contributed by atoms with Gasteiger partial charge >= 0.3 is 5.97 Å². The molecule has 2 rings (SSSR count). The predicted molar refractivity (Wildman–Crippen MR) is 41.3 cm³/mol. The van der Waals surface area contributed by atoms with Crippen molar-refractivity contribution in [1.82, 2.24) is 0 Å². The third-order valence-corrected chi connectivity index (χ3v) is 3.44. The Balaban J connectivity index is 2.18. The molecule has 1 aliphatic carbocycles. The number of ether oxygens (including phenoxy) is 1. The maximum atomic E-state index is 11.0. The van der Waals surface area contributed by atoms with E-state index in [0.29, 0.717) is 13.0 Å². The maximum Gasteiger partial charge on any atom is 0.309 e. The van der Waals surface area contributed by atoms with Gasteiger partial charge in [0.05, 0.1) is 18.6 Å². The Kier molecular flexibility index (Phi) is 1.68. The van der Waals surface area contributed by atoms with Gasteiger partial charge in [-0.25, -0.2) is 0 Å². The van der Waals surface area contributed by atoms with E-state index in [-0.39, 0.29) is 22.6 Å². The van der Waals surface area contributed by atoms with E-state index in [1.54, 1.807) is 0 Å². The Morgan fingerprint density at radius 2 is 2.36 bits per heavy atom. The van der Waals surface area contributed by atoms with Gasteiger partial charge in [-0.1, -0.05) is 15.9 Å². The number of carbonyl (C=O) groups excluding carboxylic acids is 1. The average Bonchev–Trinajstić information content (AvgIpc) is 2.43. The van der Waals surface area contributed by atoms with Gasteiger partial charge in [0.2, 0.25) is 0 Å². The molecule has 4 heteroatoms. The van der Waals surface area contributed by atoms with Gasteiger partial charge in [0, 0.05) is 10.7 Å². The lowest BCUT2D eigenvalue weighted by Crippen LogP contribution is -2.23. The number of rotatable bonds is 0. The van der Waals surface area contributed by atoms with Crippen LogP contribution in [0.2, 0.25) is 0 Å². The molecule has 0 aromatic rings. The van der Waals surface area contributed by atoms with Crippen LogP contribution in [-0.2, 0) is 9.53 Å². The highest BCUT2D eigenvalue weighted by Gasteiger charge is 2.49. The van der Waals surface area contributed by atoms with Crippen LogP contribution in [0.1, 0.15) is 6.42 Å². The van der Waals surface area contributed by atoms with Crippen LogP contribution in [0.3, 0.4) is 0 Å². The lowest BCUT2D eigenvalue weighted by atomic mass is 9.99. The zero-order valence-corrected chi connectivity index (χ0v) is 7.45. The molecule has 0 radical (unpaired) electrons. The number of halogens is 1. The molecule has 1 aliphatic heterocycles. The summed E-state index contributed by atoms with van der Waals surface area (Å²) in [5, 5.41) is 9.51. The summed E-state index contributed by atoms with van der Waals surface area (Å²) in [5.74, 6) is -0.169. The second-order valence-electron chi connectivity index (χ2n) is 3.14. The van der Waals surface area contributed by atoms with Gasteiger partial charge in [-0.2, -0.15) is 0 Å². The van der Waals surface area contributed by atoms with E-state index >= 15 is 0 Å². The molecular weight excluding hydrogens is 212 g/mol. The fraction of sp³-hybridized carbons (Fsp3) is 0.857. The van der Waals surface area contributed by atoms with E-state index in [0.717, 1.165) is 0 Å². The fourth-order valence-electron chi connectivity index (χ4n) is 1.83. The quantitative estimate of drug-likeness (QED) is 0.472. The van der Waals surface area contributed by atoms with Crippen LogP contribution in [-0.4, -0.2) is 28.6 Å². The van der Waals surface area contributed by atoms with E-state index in [4.69, 9.17) is 4.74 Å². The van der Waals surface area contributed by atoms with Gasteiger partial charge in [-0.15, -0.1) is 0 Å². The van der Waals surface area contributed by atoms with Crippen molar-refractivity contribution in [2.75, 3.05) is 6.61 Å². The Morgan fingerprint density at radius 3 is 3.00 bits per heavy atom. The van der Waals surface area contributed by atoms with Crippen molar-refractivity contribution >= 4 is 21.9 Å². The zero-order valence-electron chi connectivity index (χ0n) is 5.87. The predicted octanol–water partition coefficient (Wildman–Crippen LogP) is 0.304. The summed E-state index contributed by atoms with van der Waals surface area (Å²) in [6, 6.07) is 0. The highest BCUT2D eigenvalue weighted by atomic mass is 79.9. The van der Waals surface area contributed by atoms with Crippen molar-refractivity contribution in [3.05, 3.63) is 0 Å². The largest absolute Gasteiger partial charge is 0.465 e. The highest BCUT2D eigenvalue weighted by Crippen LogP contribution is 2.40. The van der Waals surface area contributed by atoms with Crippen LogP contribution in [0, 0.1) is 11.8 Å². The van der Waals surface area contributed by atoms with Crippen LogP contribution in [0.5, 0.6) is 0 Å². The molecule has 0 aromatic carbocycles. The van der Waals surface area contributed by atoms with E-state index in [9.17, 15) is 9.90 Å². The molecule has 4 atom stereocenters. The van der Waals surface area contributed by atoms with Gasteiger partial charge in [-0.3, -0.25) is 4.79 Å². The normalized spacial score (nSPS) is 49.1. The number of aliphatic hydroxyl groups is 1. The van der Waals surface area contributed by atoms with Crippen molar-refractivity contribution < 1.29 is 14.6 Å². The summed E-state index contributed by atoms with van der Waals surface area (Å²) in [7, 11) is 0. The Bertz CT molecular complexity index is 194. The zero-order chi connectivity index (χ0) is 8.01. The summed E-state index contributed by atoms with van der Waals surface area (Å²) >= 11 is 3.33. The lowest BCUT2D eigenvalue weighted by molar-refractivity contribution is -0.141. The molecule has 0 spiro atoms. The molecule has 1 heterocycles. The third-order valence-electron chi connectivity index (χ3n) is 2.53. The second kappa shape index (κ2) is 2.45. The molecule has 1 saturated heterocycles. The van der Waals surface area contributed by atoms with E-state index in [2.05, 4.69) is 15.9 Å². The van der Waals surface area contributed by atoms with Gasteiger partial charge in [-0.05, 0) is 6.42 Å². The summed E-state index contributed by atoms with van der Waals surface area (Å²) in [4.78, 5) is 11.1. The molecular formula is C7H9BrO3. The number of hydrogen-bond donors (Lipinski definition) is 1. The van der Waals surface area contributed by atoms with Gasteiger partial charge in [0.1, 0.15) is 0 Å². The molecule has 0 amide bonds. The molecule has 0 aromatic heterocycles. The van der Waals surface area contributed by atoms with Crippen molar-refractivity contribution in [3.8, 4) is 0 Å². The van der Waals surface area contributed by atoms with Crippen LogP contribution < -0.4 is 0 Å². The van der Waals surface area contributed by atoms with E-state index < -0.39 is 6.10 Å². The molecule has 2 aliphatic rings. The average molecular weight is 221 g/mol. The maximum absolute atomic E-state index is 11.0. The van der Waals surface area contributed by atoms with Gasteiger partial charge in [0.25, 0.3) is 0 Å². The third kappa shape index (κ3) is 0.999. The van der Waals surface area contributed by atoms with E-state index in [1.807, 2.05) is 0 Å². The number of carbonyl (C=O) groups is 1. The van der Waals surface area contributed by atoms with Gasteiger partial charge in [0.15, 0.2) is 0 Å². The first-order valence-electron chi connectivity index (χ1n) is 3.69. The molecule has 1 saturated carbocycles. The number of cyclic esters (lactones) is 1. The molecule has 1 N–H and O–H groups in total. The molecule has 3 nitrogen and oxygen atoms in total. The highest BCUT2D eigenvalue weighted by molar-refractivity contribution is 9.09. The van der Waals surface area contributed by atoms with Crippen LogP contribution >= 0.6 is 15.9 Å². The monoisotopic (exact) mass is 220 g/mol. The van der Waals surface area contributed by atoms with Crippen molar-refractivity contribution in [2.45, 2.75) is 17.4 Å². The molecule has 0 bridgehead atoms. The summed E-state index contributed by atoms with van der Waals surface area (Å²) in [6.07, 6.45) is 0.302. The lowest BCUT2D eigenvalue weighted by Gasteiger charge is -2.10. The minimum Gasteiger partial charge on any atom is -0.465 e. The van der Waals surface area contributed by atoms with Gasteiger partial charge < -0.3 is 9.84 Å². The standard InChI is InChI=1S/C7H9BrO3/c8-5-1-3-4(6(5)9)2-11-7(3)10/h3-6,9H,1-2H2/t3-,4-,5+,6+/m1/s1. The number of alkyl halides is 1. The Labute approximate surface area is 72.9 Å². The van der Waals surface area contributed by atoms with E-state index in [1.165, 1.54) is 0 Å². The first-order chi connectivity index (χ1) is 5.20. The second-order valence-corrected chi connectivity index (χ2v) is 4.32.